The lowest BCUT2D eigenvalue weighted by atomic mass is 10.1. The van der Waals surface area contributed by atoms with Crippen LogP contribution in [0.5, 0.6) is 5.75 Å². The zero-order valence-electron chi connectivity index (χ0n) is 14.7. The molecule has 0 radical (unpaired) electrons. The van der Waals surface area contributed by atoms with Crippen LogP contribution in [0.15, 0.2) is 69.9 Å². The lowest BCUT2D eigenvalue weighted by Gasteiger charge is -2.02. The van der Waals surface area contributed by atoms with Crippen molar-refractivity contribution in [1.29, 1.82) is 0 Å². The summed E-state index contributed by atoms with van der Waals surface area (Å²) in [7, 11) is 1.59. The minimum Gasteiger partial charge on any atom is -0.497 e. The highest BCUT2D eigenvalue weighted by Gasteiger charge is 2.13. The van der Waals surface area contributed by atoms with Gasteiger partial charge in [-0.05, 0) is 24.3 Å². The summed E-state index contributed by atoms with van der Waals surface area (Å²) in [5.41, 5.74) is 2.86. The Balaban J connectivity index is 1.38. The molecule has 0 N–H and O–H groups in total. The topological polar surface area (TPSA) is 74.7 Å². The highest BCUT2D eigenvalue weighted by Crippen LogP contribution is 2.26. The molecule has 2 aromatic carbocycles. The summed E-state index contributed by atoms with van der Waals surface area (Å²) in [6.45, 7) is 0.0543. The summed E-state index contributed by atoms with van der Waals surface area (Å²) in [6.07, 6.45) is 3.17. The van der Waals surface area contributed by atoms with Crippen LogP contribution in [0.1, 0.15) is 11.3 Å². The Morgan fingerprint density at radius 2 is 1.93 bits per heavy atom. The molecule has 2 aromatic heterocycles. The van der Waals surface area contributed by atoms with E-state index >= 15 is 0 Å². The van der Waals surface area contributed by atoms with Gasteiger partial charge in [0.15, 0.2) is 0 Å². The van der Waals surface area contributed by atoms with E-state index < -0.39 is 0 Å². The molecule has 27 heavy (non-hydrogen) atoms. The van der Waals surface area contributed by atoms with Crippen molar-refractivity contribution in [2.75, 3.05) is 7.11 Å². The average molecular weight is 363 g/mol. The second-order valence-corrected chi connectivity index (χ2v) is 5.97. The van der Waals surface area contributed by atoms with Gasteiger partial charge >= 0.3 is 5.97 Å². The van der Waals surface area contributed by atoms with E-state index in [1.165, 1.54) is 6.26 Å². The first-order valence-electron chi connectivity index (χ1n) is 8.42. The summed E-state index contributed by atoms with van der Waals surface area (Å²) in [6, 6.07) is 15.0. The number of hydrogen-bond acceptors (Lipinski definition) is 6. The monoisotopic (exact) mass is 363 g/mol. The number of fused-ring (bicyclic) bond motifs is 1. The SMILES string of the molecule is COc1ccc2c(CC(=O)OCc3coc(-c4ccccc4)n3)coc2c1. The van der Waals surface area contributed by atoms with E-state index in [0.29, 0.717) is 22.9 Å². The lowest BCUT2D eigenvalue weighted by molar-refractivity contribution is -0.144. The molecule has 0 aliphatic rings. The molecule has 0 bridgehead atoms. The zero-order valence-corrected chi connectivity index (χ0v) is 14.7. The minimum absolute atomic E-state index is 0.0543. The number of hydrogen-bond donors (Lipinski definition) is 0. The molecule has 0 aliphatic carbocycles. The Morgan fingerprint density at radius 1 is 1.07 bits per heavy atom. The number of rotatable bonds is 6. The highest BCUT2D eigenvalue weighted by molar-refractivity contribution is 5.86. The molecule has 2 heterocycles. The molecule has 6 heteroatoms. The molecule has 0 fully saturated rings. The number of carbonyl (C=O) groups excluding carboxylic acids is 1. The molecule has 4 aromatic rings. The van der Waals surface area contributed by atoms with Gasteiger partial charge in [-0.2, -0.15) is 0 Å². The summed E-state index contributed by atoms with van der Waals surface area (Å²) in [5.74, 6) is 0.834. The van der Waals surface area contributed by atoms with Gasteiger partial charge in [0.05, 0.1) is 19.8 Å². The molecule has 0 unspecified atom stereocenters. The smallest absolute Gasteiger partial charge is 0.310 e. The van der Waals surface area contributed by atoms with Crippen LogP contribution in [0.25, 0.3) is 22.4 Å². The van der Waals surface area contributed by atoms with Crippen molar-refractivity contribution >= 4 is 16.9 Å². The molecule has 0 amide bonds. The van der Waals surface area contributed by atoms with E-state index in [0.717, 1.165) is 16.5 Å². The van der Waals surface area contributed by atoms with Crippen molar-refractivity contribution in [3.05, 3.63) is 72.3 Å². The molecule has 0 aliphatic heterocycles. The number of aromatic nitrogens is 1. The van der Waals surface area contributed by atoms with Crippen molar-refractivity contribution in [2.24, 2.45) is 0 Å². The lowest BCUT2D eigenvalue weighted by Crippen LogP contribution is -2.07. The maximum absolute atomic E-state index is 12.2. The van der Waals surface area contributed by atoms with E-state index in [4.69, 9.17) is 18.3 Å². The number of nitrogens with zero attached hydrogens (tertiary/aromatic N) is 1. The fourth-order valence-corrected chi connectivity index (χ4v) is 2.77. The predicted molar refractivity (Wildman–Crippen MR) is 98.2 cm³/mol. The van der Waals surface area contributed by atoms with Crippen molar-refractivity contribution in [3.63, 3.8) is 0 Å². The standard InChI is InChI=1S/C21H17NO5/c1-24-17-7-8-18-15(11-25-19(18)10-17)9-20(23)26-12-16-13-27-21(22-16)14-5-3-2-4-6-14/h2-8,10-11,13H,9,12H2,1H3. The zero-order chi connectivity index (χ0) is 18.6. The van der Waals surface area contributed by atoms with E-state index in [1.807, 2.05) is 42.5 Å². The second kappa shape index (κ2) is 7.37. The van der Waals surface area contributed by atoms with Crippen LogP contribution in [0.3, 0.4) is 0 Å². The van der Waals surface area contributed by atoms with Crippen molar-refractivity contribution in [1.82, 2.24) is 4.98 Å². The molecule has 0 saturated heterocycles. The minimum atomic E-state index is -0.363. The van der Waals surface area contributed by atoms with Crippen LogP contribution in [0, 0.1) is 0 Å². The maximum Gasteiger partial charge on any atom is 0.310 e. The van der Waals surface area contributed by atoms with Crippen LogP contribution in [-0.2, 0) is 22.6 Å². The Bertz CT molecular complexity index is 1060. The number of oxazole rings is 1. The normalized spacial score (nSPS) is 10.9. The number of esters is 1. The van der Waals surface area contributed by atoms with E-state index in [2.05, 4.69) is 4.98 Å². The van der Waals surface area contributed by atoms with Crippen molar-refractivity contribution in [2.45, 2.75) is 13.0 Å². The molecule has 0 saturated carbocycles. The Kier molecular flexibility index (Phi) is 4.61. The quantitative estimate of drug-likeness (QED) is 0.473. The summed E-state index contributed by atoms with van der Waals surface area (Å²) < 4.78 is 21.4. The van der Waals surface area contributed by atoms with Crippen molar-refractivity contribution in [3.8, 4) is 17.2 Å². The van der Waals surface area contributed by atoms with Crippen LogP contribution in [0.4, 0.5) is 0 Å². The molecule has 0 atom stereocenters. The van der Waals surface area contributed by atoms with Crippen LogP contribution < -0.4 is 4.74 Å². The van der Waals surface area contributed by atoms with Crippen molar-refractivity contribution < 1.29 is 23.1 Å². The average Bonchev–Trinajstić information content (AvgIpc) is 3.34. The first kappa shape index (κ1) is 16.9. The molecular formula is C21H17NO5. The maximum atomic E-state index is 12.2. The fraction of sp³-hybridized carbons (Fsp3) is 0.143. The number of benzene rings is 2. The second-order valence-electron chi connectivity index (χ2n) is 5.97. The number of furan rings is 1. The Morgan fingerprint density at radius 3 is 2.74 bits per heavy atom. The molecule has 4 rings (SSSR count). The van der Waals surface area contributed by atoms with Gasteiger partial charge in [-0.15, -0.1) is 0 Å². The molecule has 6 nitrogen and oxygen atoms in total. The van der Waals surface area contributed by atoms with Gasteiger partial charge < -0.3 is 18.3 Å². The van der Waals surface area contributed by atoms with Crippen LogP contribution in [0.2, 0.25) is 0 Å². The highest BCUT2D eigenvalue weighted by atomic mass is 16.5. The van der Waals surface area contributed by atoms with Crippen LogP contribution in [-0.4, -0.2) is 18.1 Å². The van der Waals surface area contributed by atoms with Gasteiger partial charge in [0.1, 0.15) is 29.9 Å². The van der Waals surface area contributed by atoms with E-state index in [1.54, 1.807) is 19.4 Å². The predicted octanol–water partition coefficient (Wildman–Crippen LogP) is 4.38. The summed E-state index contributed by atoms with van der Waals surface area (Å²) in [5, 5.41) is 0.862. The van der Waals surface area contributed by atoms with E-state index in [9.17, 15) is 4.79 Å². The largest absolute Gasteiger partial charge is 0.497 e. The van der Waals surface area contributed by atoms with Crippen LogP contribution >= 0.6 is 0 Å². The van der Waals surface area contributed by atoms with Gasteiger partial charge in [0, 0.05) is 22.6 Å². The van der Waals surface area contributed by atoms with E-state index in [-0.39, 0.29) is 19.0 Å². The summed E-state index contributed by atoms with van der Waals surface area (Å²) >= 11 is 0. The number of carbonyl (C=O) groups is 1. The third kappa shape index (κ3) is 3.69. The molecule has 136 valence electrons. The van der Waals surface area contributed by atoms with Gasteiger partial charge in [-0.3, -0.25) is 4.79 Å². The van der Waals surface area contributed by atoms with Gasteiger partial charge in [-0.25, -0.2) is 4.98 Å². The first-order chi connectivity index (χ1) is 13.2. The third-order valence-corrected chi connectivity index (χ3v) is 4.15. The Hall–Kier alpha value is -3.54. The Labute approximate surface area is 155 Å². The third-order valence-electron chi connectivity index (χ3n) is 4.15. The molecule has 0 spiro atoms. The van der Waals surface area contributed by atoms with Gasteiger partial charge in [-0.1, -0.05) is 18.2 Å². The molecular weight excluding hydrogens is 346 g/mol. The fourth-order valence-electron chi connectivity index (χ4n) is 2.77. The van der Waals surface area contributed by atoms with Gasteiger partial charge in [0.25, 0.3) is 0 Å². The first-order valence-corrected chi connectivity index (χ1v) is 8.42. The summed E-state index contributed by atoms with van der Waals surface area (Å²) in [4.78, 5) is 16.5. The van der Waals surface area contributed by atoms with Gasteiger partial charge in [0.2, 0.25) is 5.89 Å². The number of methoxy groups -OCH3 is 1. The number of ether oxygens (including phenoxy) is 2.